The van der Waals surface area contributed by atoms with Gasteiger partial charge in [-0.1, -0.05) is 51.0 Å². The van der Waals surface area contributed by atoms with Crippen LogP contribution in [0.4, 0.5) is 0 Å². The van der Waals surface area contributed by atoms with E-state index in [1.54, 1.807) is 0 Å². The Balaban J connectivity index is 1.94. The molecule has 0 fully saturated rings. The molecule has 310 valence electrons. The maximum absolute atomic E-state index is 14.4. The Labute approximate surface area is 330 Å². The van der Waals surface area contributed by atoms with Crippen molar-refractivity contribution >= 4 is 33.8 Å². The second-order valence-corrected chi connectivity index (χ2v) is 14.8. The Bertz CT molecular complexity index is 1880. The molecule has 0 unspecified atom stereocenters. The van der Waals surface area contributed by atoms with Crippen molar-refractivity contribution in [1.82, 2.24) is 31.9 Å². The molecular weight excluding hydrogens is 716 g/mol. The molecule has 0 aliphatic heterocycles. The number of nitrogens with one attached hydrogen (secondary N) is 6. The van der Waals surface area contributed by atoms with Gasteiger partial charge < -0.3 is 56.0 Å². The second-order valence-electron chi connectivity index (χ2n) is 14.8. The van der Waals surface area contributed by atoms with Gasteiger partial charge in [-0.15, -0.1) is 0 Å². The molecule has 3 aromatic rings. The molecule has 0 saturated heterocycles. The highest BCUT2D eigenvalue weighted by Gasteiger charge is 2.24. The number of amides is 2. The van der Waals surface area contributed by atoms with E-state index in [2.05, 4.69) is 59.6 Å². The van der Waals surface area contributed by atoms with Gasteiger partial charge >= 0.3 is 0 Å². The van der Waals surface area contributed by atoms with Crippen LogP contribution in [0.15, 0.2) is 44.6 Å². The molecule has 56 heavy (non-hydrogen) atoms. The summed E-state index contributed by atoms with van der Waals surface area (Å²) in [5, 5.41) is 41.2. The number of rotatable bonds is 25. The third kappa shape index (κ3) is 14.6. The lowest BCUT2D eigenvalue weighted by Crippen LogP contribution is -2.37. The lowest BCUT2D eigenvalue weighted by Gasteiger charge is -2.18. The van der Waals surface area contributed by atoms with Gasteiger partial charge in [0.1, 0.15) is 33.8 Å². The van der Waals surface area contributed by atoms with Gasteiger partial charge in [0.25, 0.3) is 11.8 Å². The van der Waals surface area contributed by atoms with Crippen molar-refractivity contribution in [2.24, 2.45) is 0 Å². The number of allylic oxidation sites excluding steroid dienone is 4. The number of hydrogen-bond acceptors (Lipinski definition) is 12. The second kappa shape index (κ2) is 23.6. The quantitative estimate of drug-likeness (QED) is 0.0356. The van der Waals surface area contributed by atoms with Crippen LogP contribution in [-0.4, -0.2) is 99.7 Å². The highest BCUT2D eigenvalue weighted by molar-refractivity contribution is 5.97. The van der Waals surface area contributed by atoms with Gasteiger partial charge in [0.05, 0.1) is 12.0 Å². The Kier molecular flexibility index (Phi) is 19.3. The monoisotopic (exact) mass is 780 g/mol. The van der Waals surface area contributed by atoms with Gasteiger partial charge in [0.2, 0.25) is 5.43 Å². The van der Waals surface area contributed by atoms with Crippen molar-refractivity contribution in [3.05, 3.63) is 62.3 Å². The number of phenols is 1. The van der Waals surface area contributed by atoms with Crippen LogP contribution in [-0.2, 0) is 29.0 Å². The van der Waals surface area contributed by atoms with E-state index in [0.29, 0.717) is 55.0 Å². The molecule has 0 saturated carbocycles. The fraction of sp³-hybridized carbons (Fsp3) is 0.548. The van der Waals surface area contributed by atoms with Crippen molar-refractivity contribution in [2.45, 2.75) is 86.9 Å². The zero-order valence-corrected chi connectivity index (χ0v) is 34.5. The third-order valence-corrected chi connectivity index (χ3v) is 8.74. The Morgan fingerprint density at radius 1 is 0.679 bits per heavy atom. The topological polar surface area (TPSA) is 195 Å². The predicted octanol–water partition coefficient (Wildman–Crippen LogP) is 3.33. The van der Waals surface area contributed by atoms with Crippen molar-refractivity contribution in [1.29, 1.82) is 0 Å². The average molecular weight is 781 g/mol. The molecule has 0 radical (unpaired) electrons. The number of benzene rings is 2. The third-order valence-electron chi connectivity index (χ3n) is 8.74. The molecule has 2 aromatic carbocycles. The maximum Gasteiger partial charge on any atom is 0.257 e. The van der Waals surface area contributed by atoms with Crippen LogP contribution >= 0.6 is 0 Å². The number of ether oxygens (including phenoxy) is 2. The van der Waals surface area contributed by atoms with Crippen LogP contribution in [0.25, 0.3) is 21.9 Å². The van der Waals surface area contributed by atoms with Crippen molar-refractivity contribution in [3.8, 4) is 17.2 Å². The van der Waals surface area contributed by atoms with Gasteiger partial charge in [0, 0.05) is 87.7 Å². The summed E-state index contributed by atoms with van der Waals surface area (Å²) in [4.78, 5) is 39.9. The van der Waals surface area contributed by atoms with E-state index in [1.807, 2.05) is 39.8 Å². The zero-order chi connectivity index (χ0) is 41.2. The number of aromatic hydroxyl groups is 1. The minimum Gasteiger partial charge on any atom is -0.507 e. The molecule has 1 heterocycles. The van der Waals surface area contributed by atoms with E-state index in [0.717, 1.165) is 37.3 Å². The number of carbonyl (C=O) groups excluding carboxylic acids is 2. The van der Waals surface area contributed by atoms with Gasteiger partial charge in [-0.25, -0.2) is 0 Å². The van der Waals surface area contributed by atoms with Crippen LogP contribution in [0, 0.1) is 0 Å². The van der Waals surface area contributed by atoms with E-state index < -0.39 is 12.0 Å². The minimum atomic E-state index is -0.496. The molecule has 0 atom stereocenters. The lowest BCUT2D eigenvalue weighted by molar-refractivity contribution is -0.123. The van der Waals surface area contributed by atoms with Gasteiger partial charge in [-0.3, -0.25) is 14.4 Å². The zero-order valence-electron chi connectivity index (χ0n) is 34.5. The van der Waals surface area contributed by atoms with Crippen LogP contribution < -0.4 is 46.8 Å². The summed E-state index contributed by atoms with van der Waals surface area (Å²) in [6.07, 6.45) is 4.31. The van der Waals surface area contributed by atoms with Crippen LogP contribution in [0.2, 0.25) is 0 Å². The Morgan fingerprint density at radius 2 is 1.12 bits per heavy atom. The van der Waals surface area contributed by atoms with Crippen molar-refractivity contribution < 1.29 is 33.7 Å². The highest BCUT2D eigenvalue weighted by atomic mass is 16.5. The Morgan fingerprint density at radius 3 is 1.59 bits per heavy atom. The molecule has 8 N–H and O–H groups in total. The van der Waals surface area contributed by atoms with E-state index in [1.165, 1.54) is 12.1 Å². The average Bonchev–Trinajstić information content (AvgIpc) is 3.13. The lowest BCUT2D eigenvalue weighted by atomic mass is 9.95. The molecule has 14 nitrogen and oxygen atoms in total. The predicted molar refractivity (Wildman–Crippen MR) is 223 cm³/mol. The number of aliphatic hydroxyl groups is 1. The minimum absolute atomic E-state index is 0.0419. The molecule has 2 amide bonds. The van der Waals surface area contributed by atoms with Gasteiger partial charge in [0.15, 0.2) is 13.2 Å². The summed E-state index contributed by atoms with van der Waals surface area (Å²) in [6, 6.07) is 3.80. The highest BCUT2D eigenvalue weighted by Crippen LogP contribution is 2.39. The molecule has 3 rings (SSSR count). The van der Waals surface area contributed by atoms with E-state index >= 15 is 0 Å². The van der Waals surface area contributed by atoms with Crippen molar-refractivity contribution in [3.63, 3.8) is 0 Å². The van der Waals surface area contributed by atoms with Gasteiger partial charge in [-0.05, 0) is 46.1 Å². The first kappa shape index (κ1) is 45.9. The Hall–Kier alpha value is -4.47. The molecule has 0 bridgehead atoms. The van der Waals surface area contributed by atoms with E-state index in [9.17, 15) is 24.6 Å². The maximum atomic E-state index is 14.4. The molecule has 14 heteroatoms. The molecular formula is C42H64N6O8. The van der Waals surface area contributed by atoms with Gasteiger partial charge in [-0.2, -0.15) is 0 Å². The molecule has 0 aliphatic rings. The smallest absolute Gasteiger partial charge is 0.257 e. The van der Waals surface area contributed by atoms with E-state index in [-0.39, 0.29) is 77.1 Å². The normalized spacial score (nSPS) is 11.3. The molecule has 0 spiro atoms. The van der Waals surface area contributed by atoms with E-state index in [4.69, 9.17) is 13.9 Å². The number of carbonyl (C=O) groups is 2. The summed E-state index contributed by atoms with van der Waals surface area (Å²) in [6.45, 7) is 20.0. The number of phenolic OH excluding ortho intramolecular Hbond substituents is 1. The summed E-state index contributed by atoms with van der Waals surface area (Å²) in [5.74, 6) is -0.626. The molecule has 1 aromatic heterocycles. The first-order valence-electron chi connectivity index (χ1n) is 19.6. The first-order chi connectivity index (χ1) is 26.7. The fourth-order valence-electron chi connectivity index (χ4n) is 5.85. The number of aliphatic hydroxyl groups excluding tert-OH is 1. The molecule has 0 aliphatic carbocycles. The summed E-state index contributed by atoms with van der Waals surface area (Å²) in [5.41, 5.74) is 2.79. The standard InChI is InChI=1S/C42H64N6O8/c1-26(2)9-11-30-32(23-49)34(55-25-38(51)48-20-16-44-14-18-46-29(7)8)22-35-39(30)42(53)40-36(56-35)21-33(31(41(40)52)12-10-27(3)4)54-24-37(50)47-19-15-43-13-17-45-28(5)6/h9-10,21-22,28-29,43-46,49,52H,11-20,23-25H2,1-8H3,(H,47,50)(H,48,51). The van der Waals surface area contributed by atoms with Crippen molar-refractivity contribution in [2.75, 3.05) is 65.6 Å². The van der Waals surface area contributed by atoms with Crippen LogP contribution in [0.1, 0.15) is 72.1 Å². The summed E-state index contributed by atoms with van der Waals surface area (Å²) in [7, 11) is 0. The largest absolute Gasteiger partial charge is 0.507 e. The fourth-order valence-corrected chi connectivity index (χ4v) is 5.85. The SMILES string of the molecule is CC(C)=CCc1c(OCC(=O)NCCNCCNC(C)C)cc2oc3cc(OCC(=O)NCCNCCNC(C)C)c(CO)c(CC=C(C)C)c3c(=O)c2c1O. The number of hydrogen-bond donors (Lipinski definition) is 8. The van der Waals surface area contributed by atoms with Crippen LogP contribution in [0.5, 0.6) is 17.2 Å². The summed E-state index contributed by atoms with van der Waals surface area (Å²) >= 11 is 0. The van der Waals surface area contributed by atoms with Crippen LogP contribution in [0.3, 0.4) is 0 Å². The first-order valence-corrected chi connectivity index (χ1v) is 19.6. The number of fused-ring (bicyclic) bond motifs is 2. The summed E-state index contributed by atoms with van der Waals surface area (Å²) < 4.78 is 18.2.